The van der Waals surface area contributed by atoms with Crippen molar-refractivity contribution in [2.45, 2.75) is 9.79 Å². The Kier molecular flexibility index (Phi) is 11.5. The Bertz CT molecular complexity index is 1980. The number of fused-ring (bicyclic) bond motifs is 1. The van der Waals surface area contributed by atoms with Crippen LogP contribution in [0, 0.1) is 29.1 Å². The zero-order chi connectivity index (χ0) is 33.2. The molecule has 0 bridgehead atoms. The minimum absolute atomic E-state index is 0. The maximum Gasteiger partial charge on any atom is 1.00 e. The van der Waals surface area contributed by atoms with Crippen molar-refractivity contribution in [1.29, 1.82) is 0 Å². The second-order valence-corrected chi connectivity index (χ2v) is 10.5. The minimum atomic E-state index is -4.76. The average molecular weight is 683 g/mol. The van der Waals surface area contributed by atoms with Crippen LogP contribution in [-0.2, 0) is 19.5 Å². The number of hydrogen-bond acceptors (Lipinski definition) is 14. The van der Waals surface area contributed by atoms with Crippen molar-refractivity contribution < 1.29 is 83.0 Å². The third-order valence-electron chi connectivity index (χ3n) is 5.79. The van der Waals surface area contributed by atoms with E-state index in [1.54, 1.807) is 0 Å². The fourth-order valence-electron chi connectivity index (χ4n) is 3.74. The third-order valence-corrected chi connectivity index (χ3v) is 7.32. The number of nitrogens with zero attached hydrogens (tertiary/aromatic N) is 4. The van der Waals surface area contributed by atoms with E-state index in [0.29, 0.717) is 0 Å². The molecule has 22 heteroatoms. The van der Waals surface area contributed by atoms with Gasteiger partial charge in [0.05, 0.1) is 36.8 Å². The van der Waals surface area contributed by atoms with Crippen LogP contribution in [0.4, 0.5) is 50.4 Å². The Balaban J connectivity index is 0.00000576. The second-order valence-electron chi connectivity index (χ2n) is 8.39. The summed E-state index contributed by atoms with van der Waals surface area (Å²) in [4.78, 5) is -0.820. The van der Waals surface area contributed by atoms with Gasteiger partial charge in [-0.15, -0.1) is 20.5 Å². The van der Waals surface area contributed by atoms with Crippen molar-refractivity contribution >= 4 is 61.4 Å². The minimum Gasteiger partial charge on any atom is -0.691 e. The molecule has 14 nitrogen and oxygen atoms in total. The van der Waals surface area contributed by atoms with E-state index in [2.05, 4.69) is 29.8 Å². The molecule has 4 aromatic carbocycles. The van der Waals surface area contributed by atoms with E-state index < -0.39 is 61.2 Å². The van der Waals surface area contributed by atoms with Crippen molar-refractivity contribution in [3.63, 3.8) is 0 Å². The summed E-state index contributed by atoms with van der Waals surface area (Å²) < 4.78 is 116. The number of aromatic hydroxyl groups is 1. The van der Waals surface area contributed by atoms with Gasteiger partial charge in [-0.2, -0.15) is 12.8 Å². The molecule has 0 aliphatic rings. The van der Waals surface area contributed by atoms with Gasteiger partial charge in [-0.3, -0.25) is 9.59 Å². The standard InChI is InChI=1S/C24H16F5N5O9S2.Li/c1-40-13-7-12(32-34-23-20(28)18(26)17(25)19(27)21(23)29)14(41-2)6-11(13)31-33-22-15(44-43-42-36)3-8-4-16(45(37,38)39)10(30)5-9(8)24(22)35;/h3-7,35-36H,30H2,1-2H3,(H,37,38,39);/q;+1/p-1. The first-order valence-electron chi connectivity index (χ1n) is 11.5. The summed E-state index contributed by atoms with van der Waals surface area (Å²) in [7, 11) is -2.46. The second kappa shape index (κ2) is 14.6. The molecule has 4 rings (SSSR count). The number of hydrogen-bond donors (Lipinski definition) is 3. The molecule has 0 saturated carbocycles. The van der Waals surface area contributed by atoms with Gasteiger partial charge in [-0.05, 0) is 23.6 Å². The zero-order valence-electron chi connectivity index (χ0n) is 23.2. The Morgan fingerprint density at radius 2 is 1.30 bits per heavy atom. The molecule has 0 aliphatic carbocycles. The molecule has 0 aromatic heterocycles. The number of azo groups is 2. The Labute approximate surface area is 270 Å². The number of benzene rings is 4. The Morgan fingerprint density at radius 3 is 1.78 bits per heavy atom. The van der Waals surface area contributed by atoms with Crippen molar-refractivity contribution in [3.8, 4) is 17.2 Å². The van der Waals surface area contributed by atoms with Crippen molar-refractivity contribution in [2.24, 2.45) is 20.5 Å². The number of halogens is 5. The number of rotatable bonds is 10. The van der Waals surface area contributed by atoms with Crippen LogP contribution in [0.15, 0.2) is 60.6 Å². The molecule has 0 fully saturated rings. The Morgan fingerprint density at radius 1 is 0.804 bits per heavy atom. The molecule has 46 heavy (non-hydrogen) atoms. The van der Waals surface area contributed by atoms with Crippen molar-refractivity contribution in [2.75, 3.05) is 20.0 Å². The van der Waals surface area contributed by atoms with Crippen LogP contribution in [0.1, 0.15) is 0 Å². The fourth-order valence-corrected chi connectivity index (χ4v) is 4.86. The summed E-state index contributed by atoms with van der Waals surface area (Å²) in [6.07, 6.45) is 0. The molecule has 0 unspecified atom stereocenters. The first kappa shape index (κ1) is 36.4. The summed E-state index contributed by atoms with van der Waals surface area (Å²) in [6, 6.07) is 5.34. The third kappa shape index (κ3) is 7.16. The van der Waals surface area contributed by atoms with E-state index in [1.165, 1.54) is 6.07 Å². The molecule has 0 radical (unpaired) electrons. The van der Waals surface area contributed by atoms with E-state index in [-0.39, 0.29) is 75.1 Å². The number of ether oxygens (including phenoxy) is 2. The van der Waals surface area contributed by atoms with Gasteiger partial charge < -0.3 is 25.6 Å². The van der Waals surface area contributed by atoms with E-state index in [9.17, 15) is 45.3 Å². The van der Waals surface area contributed by atoms with E-state index in [0.717, 1.165) is 38.5 Å². The number of nitrogens with two attached hydrogens (primary N) is 1. The molecule has 238 valence electrons. The topological polar surface area (TPSA) is 210 Å². The van der Waals surface area contributed by atoms with Gasteiger partial charge in [0.15, 0.2) is 34.7 Å². The Hall–Kier alpha value is -4.07. The molecule has 0 amide bonds. The van der Waals surface area contributed by atoms with Crippen LogP contribution in [0.2, 0.25) is 0 Å². The molecule has 4 N–H and O–H groups in total. The number of phenols is 1. The molecule has 0 saturated heterocycles. The van der Waals surface area contributed by atoms with Gasteiger partial charge in [0.2, 0.25) is 5.82 Å². The summed E-state index contributed by atoms with van der Waals surface area (Å²) in [5.74, 6) is -12.3. The van der Waals surface area contributed by atoms with Crippen LogP contribution >= 0.6 is 12.0 Å². The maximum absolute atomic E-state index is 14.0. The van der Waals surface area contributed by atoms with Crippen LogP contribution in [-0.4, -0.2) is 32.3 Å². The van der Waals surface area contributed by atoms with Gasteiger partial charge in [0.25, 0.3) is 10.1 Å². The van der Waals surface area contributed by atoms with E-state index in [4.69, 9.17) is 15.2 Å². The summed E-state index contributed by atoms with van der Waals surface area (Å²) in [6.45, 7) is 0. The largest absolute Gasteiger partial charge is 1.00 e. The monoisotopic (exact) mass is 683 g/mol. The molecular weight excluding hydrogens is 668 g/mol. The zero-order valence-corrected chi connectivity index (χ0v) is 24.8. The number of phenolic OH excluding ortho intramolecular Hbond substituents is 1. The van der Waals surface area contributed by atoms with Gasteiger partial charge in [0.1, 0.15) is 33.5 Å². The molecule has 0 aliphatic heterocycles. The van der Waals surface area contributed by atoms with Gasteiger partial charge in [0, 0.05) is 17.5 Å². The molecule has 0 heterocycles. The van der Waals surface area contributed by atoms with Crippen LogP contribution in [0.25, 0.3) is 10.8 Å². The first-order chi connectivity index (χ1) is 21.2. The molecule has 0 spiro atoms. The molecule has 0 atom stereocenters. The van der Waals surface area contributed by atoms with E-state index >= 15 is 0 Å². The predicted octanol–water partition coefficient (Wildman–Crippen LogP) is 3.15. The quantitative estimate of drug-likeness (QED) is 0.0211. The van der Waals surface area contributed by atoms with Crippen LogP contribution in [0.5, 0.6) is 17.2 Å². The van der Waals surface area contributed by atoms with Crippen LogP contribution in [0.3, 0.4) is 0 Å². The van der Waals surface area contributed by atoms with Crippen molar-refractivity contribution in [1.82, 2.24) is 0 Å². The number of nitrogen functional groups attached to an aromatic ring is 1. The van der Waals surface area contributed by atoms with Gasteiger partial charge >= 0.3 is 18.9 Å². The average Bonchev–Trinajstić information content (AvgIpc) is 3.00. The normalized spacial score (nSPS) is 11.8. The fraction of sp³-hybridized carbons (Fsp3) is 0.0833. The SMILES string of the molecule is COc1cc(N=Nc2c(SOO[O-])cc3cc(S(=O)(=O)O)c(N)cc3c2O)c(OC)cc1N=Nc1c(F)c(F)c(F)c(F)c1F.[Li+]. The molecular formula is C24H15F5LiN5O9S2. The molecule has 4 aromatic rings. The smallest absolute Gasteiger partial charge is 0.691 e. The predicted molar refractivity (Wildman–Crippen MR) is 142 cm³/mol. The summed E-state index contributed by atoms with van der Waals surface area (Å²) in [5.41, 5.74) is 2.92. The number of anilines is 1. The van der Waals surface area contributed by atoms with E-state index in [1.807, 2.05) is 0 Å². The number of methoxy groups -OCH3 is 2. The van der Waals surface area contributed by atoms with Crippen molar-refractivity contribution in [3.05, 3.63) is 59.4 Å². The first-order valence-corrected chi connectivity index (χ1v) is 13.7. The maximum atomic E-state index is 14.0. The van der Waals surface area contributed by atoms with Gasteiger partial charge in [-0.25, -0.2) is 22.0 Å². The summed E-state index contributed by atoms with van der Waals surface area (Å²) in [5, 5.41) is 39.2. The van der Waals surface area contributed by atoms with Gasteiger partial charge in [-0.1, -0.05) is 0 Å². The van der Waals surface area contributed by atoms with Crippen LogP contribution < -0.4 is 39.3 Å². The summed E-state index contributed by atoms with van der Waals surface area (Å²) >= 11 is 0.245.